The Balaban J connectivity index is 1.96. The Kier molecular flexibility index (Phi) is 9.06. The number of carbonyl (C=O) groups is 2. The standard InChI is InChI=1S/C25H23BrFNO5S/c1-3-6-21(29)28-24-22(25(31)32-4-2)23(30)20(34-24)13-16-12-17(26)9-10-19(16)33-14-15-7-5-8-18(27)11-15/h5,7-13,30H,3-4,6,14H2,1-2H3/b20-13-,28-24?. The maximum Gasteiger partial charge on any atom is 0.344 e. The van der Waals surface area contributed by atoms with Crippen molar-refractivity contribution < 1.29 is 28.6 Å². The number of esters is 1. The van der Waals surface area contributed by atoms with Crippen LogP contribution in [0.4, 0.5) is 4.39 Å². The van der Waals surface area contributed by atoms with Crippen molar-refractivity contribution in [1.82, 2.24) is 0 Å². The van der Waals surface area contributed by atoms with Crippen molar-refractivity contribution in [3.05, 3.63) is 80.1 Å². The third kappa shape index (κ3) is 6.57. The van der Waals surface area contributed by atoms with E-state index in [1.165, 1.54) is 12.1 Å². The topological polar surface area (TPSA) is 85.2 Å². The molecule has 0 radical (unpaired) electrons. The van der Waals surface area contributed by atoms with Gasteiger partial charge in [0.05, 0.1) is 11.5 Å². The van der Waals surface area contributed by atoms with Crippen molar-refractivity contribution in [1.29, 1.82) is 0 Å². The summed E-state index contributed by atoms with van der Waals surface area (Å²) in [6.07, 6.45) is 2.47. The van der Waals surface area contributed by atoms with Crippen molar-refractivity contribution in [3.63, 3.8) is 0 Å². The van der Waals surface area contributed by atoms with Crippen LogP contribution in [-0.2, 0) is 20.9 Å². The lowest BCUT2D eigenvalue weighted by molar-refractivity contribution is -0.138. The number of thioether (sulfide) groups is 1. The minimum absolute atomic E-state index is 0.0953. The minimum atomic E-state index is -0.754. The predicted molar refractivity (Wildman–Crippen MR) is 134 cm³/mol. The number of benzene rings is 2. The van der Waals surface area contributed by atoms with Crippen LogP contribution in [0.15, 0.2) is 68.2 Å². The number of nitrogens with zero attached hydrogens (tertiary/aromatic N) is 1. The van der Waals surface area contributed by atoms with Crippen LogP contribution in [0, 0.1) is 5.82 Å². The fraction of sp³-hybridized carbons (Fsp3) is 0.240. The first kappa shape index (κ1) is 25.7. The van der Waals surface area contributed by atoms with Crippen LogP contribution < -0.4 is 4.74 Å². The molecule has 9 heteroatoms. The molecule has 1 amide bonds. The van der Waals surface area contributed by atoms with Crippen LogP contribution >= 0.6 is 27.7 Å². The van der Waals surface area contributed by atoms with Crippen LogP contribution in [0.25, 0.3) is 6.08 Å². The molecule has 0 aliphatic carbocycles. The highest BCUT2D eigenvalue weighted by Gasteiger charge is 2.34. The van der Waals surface area contributed by atoms with Gasteiger partial charge in [-0.25, -0.2) is 14.2 Å². The smallest absolute Gasteiger partial charge is 0.344 e. The van der Waals surface area contributed by atoms with Crippen molar-refractivity contribution >= 4 is 50.7 Å². The molecular weight excluding hydrogens is 525 g/mol. The second-order valence-corrected chi connectivity index (χ2v) is 9.16. The molecule has 0 atom stereocenters. The van der Waals surface area contributed by atoms with E-state index in [1.54, 1.807) is 43.3 Å². The van der Waals surface area contributed by atoms with Gasteiger partial charge in [-0.15, -0.1) is 0 Å². The monoisotopic (exact) mass is 547 g/mol. The molecule has 2 aromatic carbocycles. The van der Waals surface area contributed by atoms with Gasteiger partial charge in [0.25, 0.3) is 0 Å². The molecule has 3 rings (SSSR count). The van der Waals surface area contributed by atoms with Gasteiger partial charge in [0.1, 0.15) is 34.5 Å². The Morgan fingerprint density at radius 3 is 2.71 bits per heavy atom. The van der Waals surface area contributed by atoms with Crippen molar-refractivity contribution in [2.24, 2.45) is 4.99 Å². The normalized spacial score (nSPS) is 15.8. The van der Waals surface area contributed by atoms with Gasteiger partial charge in [0.2, 0.25) is 5.91 Å². The number of aliphatic hydroxyl groups excluding tert-OH is 1. The fourth-order valence-corrected chi connectivity index (χ4v) is 4.47. The third-order valence-corrected chi connectivity index (χ3v) is 6.12. The maximum atomic E-state index is 13.5. The lowest BCUT2D eigenvalue weighted by atomic mass is 10.1. The zero-order valence-electron chi connectivity index (χ0n) is 18.6. The van der Waals surface area contributed by atoms with E-state index in [0.29, 0.717) is 28.2 Å². The Bertz CT molecular complexity index is 1190. The summed E-state index contributed by atoms with van der Waals surface area (Å²) in [4.78, 5) is 28.9. The number of aliphatic hydroxyl groups is 1. The molecule has 1 aliphatic rings. The Hall–Kier alpha value is -2.91. The highest BCUT2D eigenvalue weighted by Crippen LogP contribution is 2.40. The summed E-state index contributed by atoms with van der Waals surface area (Å²) in [5, 5.41) is 10.9. The molecule has 0 aromatic heterocycles. The number of rotatable bonds is 8. The van der Waals surface area contributed by atoms with Crippen molar-refractivity contribution in [2.45, 2.75) is 33.3 Å². The van der Waals surface area contributed by atoms with E-state index in [9.17, 15) is 19.1 Å². The molecule has 6 nitrogen and oxygen atoms in total. The first-order valence-corrected chi connectivity index (χ1v) is 12.2. The molecule has 2 aromatic rings. The summed E-state index contributed by atoms with van der Waals surface area (Å²) in [6, 6.07) is 11.4. The molecule has 178 valence electrons. The Labute approximate surface area is 209 Å². The van der Waals surface area contributed by atoms with Crippen LogP contribution in [-0.4, -0.2) is 28.6 Å². The summed E-state index contributed by atoms with van der Waals surface area (Å²) in [6.45, 7) is 3.75. The minimum Gasteiger partial charge on any atom is -0.506 e. The number of hydrogen-bond donors (Lipinski definition) is 1. The molecule has 34 heavy (non-hydrogen) atoms. The van der Waals surface area contributed by atoms with Gasteiger partial charge in [-0.05, 0) is 55.3 Å². The van der Waals surface area contributed by atoms with Crippen LogP contribution in [0.2, 0.25) is 0 Å². The largest absolute Gasteiger partial charge is 0.506 e. The van der Waals surface area contributed by atoms with Gasteiger partial charge in [-0.3, -0.25) is 4.79 Å². The zero-order valence-corrected chi connectivity index (χ0v) is 21.0. The Morgan fingerprint density at radius 1 is 1.21 bits per heavy atom. The van der Waals surface area contributed by atoms with E-state index in [1.807, 2.05) is 6.92 Å². The van der Waals surface area contributed by atoms with E-state index in [0.717, 1.165) is 16.2 Å². The lowest BCUT2D eigenvalue weighted by Gasteiger charge is -2.11. The first-order chi connectivity index (χ1) is 16.3. The molecule has 0 unspecified atom stereocenters. The summed E-state index contributed by atoms with van der Waals surface area (Å²) in [7, 11) is 0. The average molecular weight is 548 g/mol. The quantitative estimate of drug-likeness (QED) is 0.387. The summed E-state index contributed by atoms with van der Waals surface area (Å²) < 4.78 is 25.2. The number of carbonyl (C=O) groups excluding carboxylic acids is 2. The molecule has 1 N–H and O–H groups in total. The van der Waals surface area contributed by atoms with Crippen molar-refractivity contribution in [3.8, 4) is 5.75 Å². The number of aliphatic imine (C=N–C) groups is 1. The average Bonchev–Trinajstić information content (AvgIpc) is 3.08. The highest BCUT2D eigenvalue weighted by atomic mass is 79.9. The van der Waals surface area contributed by atoms with Crippen molar-refractivity contribution in [2.75, 3.05) is 6.61 Å². The van der Waals surface area contributed by atoms with Crippen LogP contribution in [0.5, 0.6) is 5.75 Å². The maximum absolute atomic E-state index is 13.5. The summed E-state index contributed by atoms with van der Waals surface area (Å²) >= 11 is 4.43. The van der Waals surface area contributed by atoms with E-state index >= 15 is 0 Å². The molecule has 1 heterocycles. The lowest BCUT2D eigenvalue weighted by Crippen LogP contribution is -2.14. The fourth-order valence-electron chi connectivity index (χ4n) is 3.07. The van der Waals surface area contributed by atoms with E-state index < -0.39 is 5.97 Å². The Morgan fingerprint density at radius 2 is 2.00 bits per heavy atom. The van der Waals surface area contributed by atoms with Gasteiger partial charge in [0, 0.05) is 16.5 Å². The summed E-state index contributed by atoms with van der Waals surface area (Å²) in [5.41, 5.74) is 1.12. The SMILES string of the molecule is CCCC(=O)N=C1S/C(=C\c2cc(Br)ccc2OCc2cccc(F)c2)C(O)=C1C(=O)OCC. The van der Waals surface area contributed by atoms with Crippen LogP contribution in [0.1, 0.15) is 37.8 Å². The molecule has 0 saturated heterocycles. The second kappa shape index (κ2) is 12.0. The number of halogens is 2. The zero-order chi connectivity index (χ0) is 24.7. The van der Waals surface area contributed by atoms with E-state index in [-0.39, 0.29) is 47.7 Å². The molecule has 0 bridgehead atoms. The first-order valence-electron chi connectivity index (χ1n) is 10.6. The highest BCUT2D eigenvalue weighted by molar-refractivity contribution is 9.10. The molecular formula is C25H23BrFNO5S. The van der Waals surface area contributed by atoms with Crippen LogP contribution in [0.3, 0.4) is 0 Å². The number of hydrogen-bond acceptors (Lipinski definition) is 6. The van der Waals surface area contributed by atoms with Gasteiger partial charge in [0.15, 0.2) is 0 Å². The molecule has 0 saturated carbocycles. The van der Waals surface area contributed by atoms with E-state index in [4.69, 9.17) is 9.47 Å². The second-order valence-electron chi connectivity index (χ2n) is 7.22. The third-order valence-electron chi connectivity index (χ3n) is 4.60. The van der Waals surface area contributed by atoms with Gasteiger partial charge in [-0.2, -0.15) is 0 Å². The molecule has 0 spiro atoms. The van der Waals surface area contributed by atoms with Gasteiger partial charge >= 0.3 is 5.97 Å². The molecule has 0 fully saturated rings. The molecule has 1 aliphatic heterocycles. The van der Waals surface area contributed by atoms with Gasteiger partial charge in [-0.1, -0.05) is 46.7 Å². The number of ether oxygens (including phenoxy) is 2. The van der Waals surface area contributed by atoms with E-state index in [2.05, 4.69) is 20.9 Å². The predicted octanol–water partition coefficient (Wildman–Crippen LogP) is 6.36. The van der Waals surface area contributed by atoms with Gasteiger partial charge < -0.3 is 14.6 Å². The number of amides is 1. The summed E-state index contributed by atoms with van der Waals surface area (Å²) in [5.74, 6) is -1.33.